The number of fused-ring (bicyclic) bond motifs is 1. The van der Waals surface area contributed by atoms with Gasteiger partial charge in [-0.3, -0.25) is 9.59 Å². The van der Waals surface area contributed by atoms with Crippen LogP contribution in [-0.4, -0.2) is 16.7 Å². The fourth-order valence-electron chi connectivity index (χ4n) is 3.21. The maximum atomic E-state index is 12.4. The number of halogens is 2. The van der Waals surface area contributed by atoms with E-state index in [0.717, 1.165) is 18.4 Å². The van der Waals surface area contributed by atoms with Crippen molar-refractivity contribution in [2.45, 2.75) is 19.3 Å². The summed E-state index contributed by atoms with van der Waals surface area (Å²) in [6, 6.07) is 13.5. The van der Waals surface area contributed by atoms with Gasteiger partial charge >= 0.3 is 0 Å². The molecule has 0 bridgehead atoms. The normalized spacial score (nSPS) is 13.0. The van der Waals surface area contributed by atoms with E-state index >= 15 is 0 Å². The topological polar surface area (TPSA) is 68.3 Å². The lowest BCUT2D eigenvalue weighted by Crippen LogP contribution is -2.12. The van der Waals surface area contributed by atoms with Crippen molar-refractivity contribution < 1.29 is 14.3 Å². The molecule has 0 fully saturated rings. The molecule has 1 aliphatic rings. The molecule has 1 N–H and O–H groups in total. The van der Waals surface area contributed by atoms with Crippen molar-refractivity contribution in [3.05, 3.63) is 81.5 Å². The number of ether oxygens (including phenoxy) is 1. The SMILES string of the molecule is O=C(Nc1ccc(Cl)c(Cl)c1)c1ccc(Oc2cccc3c2CCCC3=O)nc1. The van der Waals surface area contributed by atoms with Crippen LogP contribution in [0.15, 0.2) is 54.7 Å². The van der Waals surface area contributed by atoms with E-state index in [4.69, 9.17) is 27.9 Å². The van der Waals surface area contributed by atoms with Crippen LogP contribution in [0.1, 0.15) is 39.1 Å². The van der Waals surface area contributed by atoms with Gasteiger partial charge in [-0.1, -0.05) is 35.3 Å². The molecule has 4 rings (SSSR count). The average Bonchev–Trinajstić information content (AvgIpc) is 2.72. The fourth-order valence-corrected chi connectivity index (χ4v) is 3.50. The molecule has 0 aliphatic heterocycles. The van der Waals surface area contributed by atoms with E-state index in [-0.39, 0.29) is 11.7 Å². The maximum Gasteiger partial charge on any atom is 0.257 e. The second kappa shape index (κ2) is 8.23. The van der Waals surface area contributed by atoms with Gasteiger partial charge in [-0.25, -0.2) is 4.98 Å². The predicted molar refractivity (Wildman–Crippen MR) is 112 cm³/mol. The molecule has 29 heavy (non-hydrogen) atoms. The first kappa shape index (κ1) is 19.4. The van der Waals surface area contributed by atoms with Gasteiger partial charge in [0.1, 0.15) is 5.75 Å². The summed E-state index contributed by atoms with van der Waals surface area (Å²) < 4.78 is 5.88. The van der Waals surface area contributed by atoms with E-state index in [2.05, 4.69) is 10.3 Å². The summed E-state index contributed by atoms with van der Waals surface area (Å²) in [6.07, 6.45) is 3.61. The number of hydrogen-bond donors (Lipinski definition) is 1. The van der Waals surface area contributed by atoms with Crippen LogP contribution in [0.4, 0.5) is 5.69 Å². The quantitative estimate of drug-likeness (QED) is 0.559. The zero-order chi connectivity index (χ0) is 20.4. The highest BCUT2D eigenvalue weighted by Gasteiger charge is 2.20. The molecule has 1 amide bonds. The molecule has 2 aromatic carbocycles. The predicted octanol–water partition coefficient (Wildman–Crippen LogP) is 5.95. The van der Waals surface area contributed by atoms with E-state index in [0.29, 0.717) is 44.9 Å². The van der Waals surface area contributed by atoms with Gasteiger partial charge in [-0.15, -0.1) is 0 Å². The van der Waals surface area contributed by atoms with Crippen LogP contribution in [0, 0.1) is 0 Å². The number of nitrogens with zero attached hydrogens (tertiary/aromatic N) is 1. The van der Waals surface area contributed by atoms with Crippen LogP contribution in [0.25, 0.3) is 0 Å². The number of carbonyl (C=O) groups is 2. The molecular formula is C22H16Cl2N2O3. The molecule has 0 spiro atoms. The van der Waals surface area contributed by atoms with Gasteiger partial charge in [0.15, 0.2) is 5.78 Å². The summed E-state index contributed by atoms with van der Waals surface area (Å²) in [4.78, 5) is 28.7. The van der Waals surface area contributed by atoms with Crippen molar-refractivity contribution in [1.29, 1.82) is 0 Å². The Bertz CT molecular complexity index is 1100. The minimum Gasteiger partial charge on any atom is -0.439 e. The van der Waals surface area contributed by atoms with E-state index in [9.17, 15) is 9.59 Å². The Balaban J connectivity index is 1.48. The van der Waals surface area contributed by atoms with Crippen LogP contribution in [-0.2, 0) is 6.42 Å². The summed E-state index contributed by atoms with van der Waals surface area (Å²) in [5.74, 6) is 0.780. The van der Waals surface area contributed by atoms with Gasteiger partial charge in [0, 0.05) is 35.5 Å². The second-order valence-electron chi connectivity index (χ2n) is 6.63. The first-order chi connectivity index (χ1) is 14.0. The molecular weight excluding hydrogens is 411 g/mol. The molecule has 3 aromatic rings. The summed E-state index contributed by atoms with van der Waals surface area (Å²) >= 11 is 11.9. The Morgan fingerprint density at radius 3 is 2.66 bits per heavy atom. The number of rotatable bonds is 4. The van der Waals surface area contributed by atoms with Crippen molar-refractivity contribution in [3.8, 4) is 11.6 Å². The lowest BCUT2D eigenvalue weighted by Gasteiger charge is -2.18. The molecule has 0 saturated carbocycles. The number of aromatic nitrogens is 1. The lowest BCUT2D eigenvalue weighted by atomic mass is 9.90. The summed E-state index contributed by atoms with van der Waals surface area (Å²) in [6.45, 7) is 0. The van der Waals surface area contributed by atoms with Crippen molar-refractivity contribution >= 4 is 40.6 Å². The van der Waals surface area contributed by atoms with Crippen LogP contribution < -0.4 is 10.1 Å². The molecule has 0 unspecified atom stereocenters. The van der Waals surface area contributed by atoms with Gasteiger partial charge in [0.25, 0.3) is 5.91 Å². The highest BCUT2D eigenvalue weighted by atomic mass is 35.5. The van der Waals surface area contributed by atoms with E-state index in [1.165, 1.54) is 6.20 Å². The summed E-state index contributed by atoms with van der Waals surface area (Å²) in [5, 5.41) is 3.51. The summed E-state index contributed by atoms with van der Waals surface area (Å²) in [7, 11) is 0. The number of anilines is 1. The number of pyridine rings is 1. The number of Topliss-reactive ketones (excluding diaryl/α,β-unsaturated/α-hetero) is 1. The molecule has 1 aliphatic carbocycles. The first-order valence-corrected chi connectivity index (χ1v) is 9.82. The van der Waals surface area contributed by atoms with Crippen molar-refractivity contribution in [1.82, 2.24) is 4.98 Å². The number of nitrogens with one attached hydrogen (secondary N) is 1. The first-order valence-electron chi connectivity index (χ1n) is 9.06. The third-order valence-electron chi connectivity index (χ3n) is 4.65. The number of hydrogen-bond acceptors (Lipinski definition) is 4. The Morgan fingerprint density at radius 2 is 1.90 bits per heavy atom. The van der Waals surface area contributed by atoms with Crippen molar-refractivity contribution in [2.75, 3.05) is 5.32 Å². The third kappa shape index (κ3) is 4.26. The highest BCUT2D eigenvalue weighted by Crippen LogP contribution is 2.32. The second-order valence-corrected chi connectivity index (χ2v) is 7.44. The van der Waals surface area contributed by atoms with Crippen molar-refractivity contribution in [3.63, 3.8) is 0 Å². The maximum absolute atomic E-state index is 12.4. The molecule has 5 nitrogen and oxygen atoms in total. The van der Waals surface area contributed by atoms with Gasteiger partial charge in [-0.05, 0) is 43.2 Å². The molecule has 1 heterocycles. The van der Waals surface area contributed by atoms with Crippen LogP contribution in [0.2, 0.25) is 10.0 Å². The standard InChI is InChI=1S/C22H16Cl2N2O3/c23-17-9-8-14(11-18(17)24)26-22(28)13-7-10-21(25-12-13)29-20-6-2-3-15-16(20)4-1-5-19(15)27/h2-3,6-12H,1,4-5H2,(H,26,28). The lowest BCUT2D eigenvalue weighted by molar-refractivity contribution is 0.0970. The number of ketones is 1. The Labute approximate surface area is 177 Å². The minimum atomic E-state index is -0.329. The zero-order valence-electron chi connectivity index (χ0n) is 15.2. The van der Waals surface area contributed by atoms with Gasteiger partial charge in [0.05, 0.1) is 15.6 Å². The Kier molecular flexibility index (Phi) is 5.51. The van der Waals surface area contributed by atoms with E-state index in [1.807, 2.05) is 12.1 Å². The largest absolute Gasteiger partial charge is 0.439 e. The smallest absolute Gasteiger partial charge is 0.257 e. The molecule has 1 aromatic heterocycles. The fraction of sp³-hybridized carbons (Fsp3) is 0.136. The molecule has 146 valence electrons. The van der Waals surface area contributed by atoms with Crippen molar-refractivity contribution in [2.24, 2.45) is 0 Å². The van der Waals surface area contributed by atoms with Crippen LogP contribution in [0.5, 0.6) is 11.6 Å². The minimum absolute atomic E-state index is 0.138. The average molecular weight is 427 g/mol. The molecule has 7 heteroatoms. The van der Waals surface area contributed by atoms with Gasteiger partial charge < -0.3 is 10.1 Å². The Morgan fingerprint density at radius 1 is 1.03 bits per heavy atom. The molecule has 0 saturated heterocycles. The Hall–Kier alpha value is -2.89. The number of benzene rings is 2. The van der Waals surface area contributed by atoms with E-state index < -0.39 is 0 Å². The monoisotopic (exact) mass is 426 g/mol. The number of carbonyl (C=O) groups excluding carboxylic acids is 2. The van der Waals surface area contributed by atoms with E-state index in [1.54, 1.807) is 36.4 Å². The molecule has 0 atom stereocenters. The number of amides is 1. The van der Waals surface area contributed by atoms with Crippen LogP contribution >= 0.6 is 23.2 Å². The highest BCUT2D eigenvalue weighted by molar-refractivity contribution is 6.42. The van der Waals surface area contributed by atoms with Gasteiger partial charge in [0.2, 0.25) is 5.88 Å². The van der Waals surface area contributed by atoms with Crippen LogP contribution in [0.3, 0.4) is 0 Å². The van der Waals surface area contributed by atoms with Gasteiger partial charge in [-0.2, -0.15) is 0 Å². The third-order valence-corrected chi connectivity index (χ3v) is 5.39. The summed E-state index contributed by atoms with van der Waals surface area (Å²) in [5.41, 5.74) is 2.53. The molecule has 0 radical (unpaired) electrons. The zero-order valence-corrected chi connectivity index (χ0v) is 16.8.